The molecular formula is C14H31B2N. The highest BCUT2D eigenvalue weighted by molar-refractivity contribution is 6.70. The fourth-order valence-electron chi connectivity index (χ4n) is 4.10. The summed E-state index contributed by atoms with van der Waals surface area (Å²) in [7, 11) is 3.74. The van der Waals surface area contributed by atoms with E-state index in [0.717, 1.165) is 12.8 Å². The van der Waals surface area contributed by atoms with E-state index in [9.17, 15) is 0 Å². The number of hydrogen-bond acceptors (Lipinski definition) is 1. The molecule has 0 aliphatic carbocycles. The van der Waals surface area contributed by atoms with Gasteiger partial charge in [0.25, 0.3) is 0 Å². The Balaban J connectivity index is 3.01. The molecule has 1 fully saturated rings. The van der Waals surface area contributed by atoms with Crippen molar-refractivity contribution in [1.82, 2.24) is 4.90 Å². The zero-order chi connectivity index (χ0) is 13.4. The van der Waals surface area contributed by atoms with Crippen LogP contribution in [0.4, 0.5) is 0 Å². The van der Waals surface area contributed by atoms with Gasteiger partial charge in [0.05, 0.1) is 0 Å². The summed E-state index contributed by atoms with van der Waals surface area (Å²) in [5.74, 6) is 0.703. The lowest BCUT2D eigenvalue weighted by molar-refractivity contribution is 0.0814. The summed E-state index contributed by atoms with van der Waals surface area (Å²) in [6.45, 7) is 17.6. The van der Waals surface area contributed by atoms with Crippen molar-refractivity contribution in [2.24, 2.45) is 10.8 Å². The topological polar surface area (TPSA) is 3.24 Å². The van der Waals surface area contributed by atoms with Crippen molar-refractivity contribution in [2.45, 2.75) is 72.9 Å². The normalized spacial score (nSPS) is 28.8. The third-order valence-corrected chi connectivity index (χ3v) is 4.49. The largest absolute Gasteiger partial charge is 0.307 e. The van der Waals surface area contributed by atoms with Crippen molar-refractivity contribution < 1.29 is 0 Å². The Hall–Kier alpha value is 0.0899. The SMILES string of the molecule is CB1CBCC(C(C)(C)C)N(C)C1C(C)(C)C. The van der Waals surface area contributed by atoms with E-state index in [1.54, 1.807) is 0 Å². The molecule has 0 spiro atoms. The molecule has 1 saturated heterocycles. The van der Waals surface area contributed by atoms with Gasteiger partial charge >= 0.3 is 0 Å². The molecule has 98 valence electrons. The van der Waals surface area contributed by atoms with E-state index in [1.807, 2.05) is 0 Å². The Labute approximate surface area is 110 Å². The highest BCUT2D eigenvalue weighted by atomic mass is 15.2. The Kier molecular flexibility index (Phi) is 4.45. The summed E-state index contributed by atoms with van der Waals surface area (Å²) in [5.41, 5.74) is 0.768. The molecule has 1 aliphatic heterocycles. The van der Waals surface area contributed by atoms with Crippen LogP contribution >= 0.6 is 0 Å². The monoisotopic (exact) mass is 235 g/mol. The van der Waals surface area contributed by atoms with Crippen LogP contribution in [0.25, 0.3) is 0 Å². The average Bonchev–Trinajstić information content (AvgIpc) is 2.20. The fourth-order valence-corrected chi connectivity index (χ4v) is 4.10. The molecule has 0 amide bonds. The van der Waals surface area contributed by atoms with E-state index in [1.165, 1.54) is 19.8 Å². The van der Waals surface area contributed by atoms with Crippen molar-refractivity contribution in [3.63, 3.8) is 0 Å². The molecule has 3 heteroatoms. The van der Waals surface area contributed by atoms with Crippen LogP contribution in [-0.2, 0) is 0 Å². The third kappa shape index (κ3) is 3.53. The van der Waals surface area contributed by atoms with Crippen molar-refractivity contribution in [2.75, 3.05) is 7.05 Å². The molecule has 1 aliphatic rings. The zero-order valence-electron chi connectivity index (χ0n) is 13.3. The van der Waals surface area contributed by atoms with Gasteiger partial charge in [0, 0.05) is 6.04 Å². The molecule has 0 saturated carbocycles. The van der Waals surface area contributed by atoms with Gasteiger partial charge in [-0.25, -0.2) is 0 Å². The molecule has 0 bridgehead atoms. The summed E-state index contributed by atoms with van der Waals surface area (Å²) in [4.78, 5) is 2.69. The second-order valence-corrected chi connectivity index (χ2v) is 8.27. The molecule has 2 atom stereocenters. The van der Waals surface area contributed by atoms with E-state index in [2.05, 4.69) is 60.3 Å². The van der Waals surface area contributed by atoms with Crippen LogP contribution in [0.1, 0.15) is 41.5 Å². The van der Waals surface area contributed by atoms with Crippen LogP contribution in [0.5, 0.6) is 0 Å². The summed E-state index contributed by atoms with van der Waals surface area (Å²) in [6.07, 6.45) is 2.75. The van der Waals surface area contributed by atoms with Crippen molar-refractivity contribution in [3.05, 3.63) is 0 Å². The first kappa shape index (κ1) is 15.1. The predicted octanol–water partition coefficient (Wildman–Crippen LogP) is 3.24. The van der Waals surface area contributed by atoms with E-state index >= 15 is 0 Å². The minimum absolute atomic E-state index is 0.377. The minimum atomic E-state index is 0.377. The summed E-state index contributed by atoms with van der Waals surface area (Å²) in [6, 6.07) is 0.719. The zero-order valence-corrected chi connectivity index (χ0v) is 13.3. The lowest BCUT2D eigenvalue weighted by atomic mass is 9.33. The van der Waals surface area contributed by atoms with Crippen LogP contribution in [0.2, 0.25) is 19.4 Å². The number of nitrogens with zero attached hydrogens (tertiary/aromatic N) is 1. The summed E-state index contributed by atoms with van der Waals surface area (Å²) < 4.78 is 0. The third-order valence-electron chi connectivity index (χ3n) is 4.49. The van der Waals surface area contributed by atoms with Crippen LogP contribution < -0.4 is 0 Å². The lowest BCUT2D eigenvalue weighted by Crippen LogP contribution is -2.55. The van der Waals surface area contributed by atoms with Gasteiger partial charge < -0.3 is 4.90 Å². The van der Waals surface area contributed by atoms with Crippen molar-refractivity contribution >= 4 is 14.0 Å². The molecule has 2 unspecified atom stereocenters. The lowest BCUT2D eigenvalue weighted by Gasteiger charge is -2.47. The maximum absolute atomic E-state index is 2.69. The van der Waals surface area contributed by atoms with Gasteiger partial charge in [-0.2, -0.15) is 0 Å². The molecular weight excluding hydrogens is 204 g/mol. The number of hydrogen-bond donors (Lipinski definition) is 0. The van der Waals surface area contributed by atoms with Crippen LogP contribution in [0.15, 0.2) is 0 Å². The van der Waals surface area contributed by atoms with Gasteiger partial charge in [0.1, 0.15) is 7.28 Å². The van der Waals surface area contributed by atoms with E-state index in [0.29, 0.717) is 16.8 Å². The molecule has 0 aromatic carbocycles. The Morgan fingerprint density at radius 1 is 1.06 bits per heavy atom. The van der Waals surface area contributed by atoms with Gasteiger partial charge in [-0.05, 0) is 23.8 Å². The molecule has 0 aromatic heterocycles. The quantitative estimate of drug-likeness (QED) is 0.582. The van der Waals surface area contributed by atoms with Gasteiger partial charge in [0.15, 0.2) is 6.71 Å². The molecule has 0 N–H and O–H groups in total. The Bertz CT molecular complexity index is 252. The van der Waals surface area contributed by atoms with E-state index in [4.69, 9.17) is 0 Å². The first-order chi connectivity index (χ1) is 7.55. The van der Waals surface area contributed by atoms with Gasteiger partial charge in [-0.1, -0.05) is 60.9 Å². The molecule has 1 rings (SSSR count). The maximum atomic E-state index is 2.69. The predicted molar refractivity (Wildman–Crippen MR) is 82.6 cm³/mol. The van der Waals surface area contributed by atoms with E-state index < -0.39 is 0 Å². The van der Waals surface area contributed by atoms with Crippen LogP contribution in [-0.4, -0.2) is 37.9 Å². The van der Waals surface area contributed by atoms with Crippen LogP contribution in [0, 0.1) is 10.8 Å². The Morgan fingerprint density at radius 2 is 1.59 bits per heavy atom. The van der Waals surface area contributed by atoms with Crippen LogP contribution in [0.3, 0.4) is 0 Å². The van der Waals surface area contributed by atoms with E-state index in [-0.39, 0.29) is 0 Å². The molecule has 1 heterocycles. The van der Waals surface area contributed by atoms with Gasteiger partial charge in [-0.3, -0.25) is 0 Å². The van der Waals surface area contributed by atoms with Gasteiger partial charge in [-0.15, -0.1) is 0 Å². The summed E-state index contributed by atoms with van der Waals surface area (Å²) in [5, 5.41) is 0. The highest BCUT2D eigenvalue weighted by Gasteiger charge is 2.42. The standard InChI is InChI=1S/C14H31B2N/c1-13(2,3)11-9-15-10-16(7)12(17(11)8)14(4,5)6/h11-12,15H,9-10H2,1-8H3. The molecule has 17 heavy (non-hydrogen) atoms. The first-order valence-corrected chi connectivity index (χ1v) is 7.27. The van der Waals surface area contributed by atoms with Crippen molar-refractivity contribution in [1.29, 1.82) is 0 Å². The Morgan fingerprint density at radius 3 is 2.00 bits per heavy atom. The number of rotatable bonds is 0. The second kappa shape index (κ2) is 4.99. The first-order valence-electron chi connectivity index (χ1n) is 7.27. The molecule has 0 radical (unpaired) electrons. The second-order valence-electron chi connectivity index (χ2n) is 8.27. The van der Waals surface area contributed by atoms with Crippen molar-refractivity contribution in [3.8, 4) is 0 Å². The maximum Gasteiger partial charge on any atom is 0.150 e. The fraction of sp³-hybridized carbons (Fsp3) is 1.00. The molecule has 0 aromatic rings. The summed E-state index contributed by atoms with van der Waals surface area (Å²) >= 11 is 0. The molecule has 1 nitrogen and oxygen atoms in total. The smallest absolute Gasteiger partial charge is 0.150 e. The average molecular weight is 235 g/mol. The van der Waals surface area contributed by atoms with Gasteiger partial charge in [0.2, 0.25) is 0 Å². The highest BCUT2D eigenvalue weighted by Crippen LogP contribution is 2.36. The minimum Gasteiger partial charge on any atom is -0.307 e.